The van der Waals surface area contributed by atoms with Crippen LogP contribution in [0.4, 0.5) is 0 Å². The molecule has 3 heteroatoms. The third-order valence-corrected chi connectivity index (χ3v) is 2.69. The van der Waals surface area contributed by atoms with E-state index in [1.807, 2.05) is 49.1 Å². The van der Waals surface area contributed by atoms with Gasteiger partial charge >= 0.3 is 0 Å². The third kappa shape index (κ3) is 2.14. The van der Waals surface area contributed by atoms with Crippen LogP contribution in [0.2, 0.25) is 0 Å². The molecule has 2 aromatic rings. The van der Waals surface area contributed by atoms with Crippen molar-refractivity contribution in [1.29, 1.82) is 0 Å². The molecule has 1 aromatic heterocycles. The summed E-state index contributed by atoms with van der Waals surface area (Å²) in [7, 11) is 0. The van der Waals surface area contributed by atoms with Crippen LogP contribution in [0.25, 0.3) is 5.69 Å². The molecular formula is C13H16N2O. The average molecular weight is 216 g/mol. The smallest absolute Gasteiger partial charge is 0.0648 e. The number of rotatable bonds is 3. The molecule has 1 aromatic carbocycles. The summed E-state index contributed by atoms with van der Waals surface area (Å²) in [6, 6.07) is 8.10. The molecular weight excluding hydrogens is 200 g/mol. The Morgan fingerprint density at radius 1 is 1.44 bits per heavy atom. The number of hydrogen-bond donors (Lipinski definition) is 1. The lowest BCUT2D eigenvalue weighted by molar-refractivity contribution is 0.273. The number of benzene rings is 1. The first-order valence-electron chi connectivity index (χ1n) is 5.43. The van der Waals surface area contributed by atoms with Crippen LogP contribution < -0.4 is 0 Å². The summed E-state index contributed by atoms with van der Waals surface area (Å²) in [6.45, 7) is 4.19. The van der Waals surface area contributed by atoms with E-state index in [2.05, 4.69) is 11.2 Å². The lowest BCUT2D eigenvalue weighted by atomic mass is 10.0. The fourth-order valence-electron chi connectivity index (χ4n) is 1.63. The second-order valence-corrected chi connectivity index (χ2v) is 4.14. The molecule has 0 saturated heterocycles. The highest BCUT2D eigenvalue weighted by Gasteiger charge is 2.05. The SMILES string of the molecule is Cc1cnn(-c2cccc(C(C)CO)c2)c1. The highest BCUT2D eigenvalue weighted by molar-refractivity contribution is 5.37. The van der Waals surface area contributed by atoms with E-state index in [-0.39, 0.29) is 12.5 Å². The van der Waals surface area contributed by atoms with Gasteiger partial charge < -0.3 is 5.11 Å². The molecule has 1 N–H and O–H groups in total. The lowest BCUT2D eigenvalue weighted by Gasteiger charge is -2.10. The van der Waals surface area contributed by atoms with Gasteiger partial charge in [-0.3, -0.25) is 0 Å². The maximum atomic E-state index is 9.13. The molecule has 0 spiro atoms. The van der Waals surface area contributed by atoms with Crippen molar-refractivity contribution in [2.24, 2.45) is 0 Å². The summed E-state index contributed by atoms with van der Waals surface area (Å²) in [5.74, 6) is 0.164. The number of nitrogens with zero attached hydrogens (tertiary/aromatic N) is 2. The highest BCUT2D eigenvalue weighted by atomic mass is 16.3. The molecule has 3 nitrogen and oxygen atoms in total. The minimum absolute atomic E-state index is 0.164. The number of aliphatic hydroxyl groups excluding tert-OH is 1. The van der Waals surface area contributed by atoms with E-state index in [1.165, 1.54) is 0 Å². The maximum absolute atomic E-state index is 9.13. The largest absolute Gasteiger partial charge is 0.396 e. The van der Waals surface area contributed by atoms with Crippen molar-refractivity contribution in [1.82, 2.24) is 9.78 Å². The van der Waals surface area contributed by atoms with Gasteiger partial charge in [0, 0.05) is 18.7 Å². The Morgan fingerprint density at radius 2 is 2.25 bits per heavy atom. The Bertz CT molecular complexity index is 476. The normalized spacial score (nSPS) is 12.7. The maximum Gasteiger partial charge on any atom is 0.0648 e. The quantitative estimate of drug-likeness (QED) is 0.854. The van der Waals surface area contributed by atoms with Gasteiger partial charge in [-0.1, -0.05) is 19.1 Å². The molecule has 0 aliphatic carbocycles. The summed E-state index contributed by atoms with van der Waals surface area (Å²) < 4.78 is 1.85. The molecule has 0 bridgehead atoms. The minimum Gasteiger partial charge on any atom is -0.396 e. The molecule has 1 unspecified atom stereocenters. The second kappa shape index (κ2) is 4.49. The van der Waals surface area contributed by atoms with Gasteiger partial charge in [0.25, 0.3) is 0 Å². The number of hydrogen-bond acceptors (Lipinski definition) is 2. The third-order valence-electron chi connectivity index (χ3n) is 2.69. The molecule has 84 valence electrons. The van der Waals surface area contributed by atoms with E-state index in [1.54, 1.807) is 0 Å². The van der Waals surface area contributed by atoms with Crippen LogP contribution in [0, 0.1) is 6.92 Å². The van der Waals surface area contributed by atoms with E-state index in [4.69, 9.17) is 5.11 Å². The van der Waals surface area contributed by atoms with Crippen LogP contribution >= 0.6 is 0 Å². The molecule has 0 aliphatic heterocycles. The van der Waals surface area contributed by atoms with Crippen LogP contribution in [0.15, 0.2) is 36.7 Å². The van der Waals surface area contributed by atoms with Crippen LogP contribution in [0.5, 0.6) is 0 Å². The molecule has 1 heterocycles. The monoisotopic (exact) mass is 216 g/mol. The topological polar surface area (TPSA) is 38.0 Å². The zero-order valence-corrected chi connectivity index (χ0v) is 9.59. The van der Waals surface area contributed by atoms with Gasteiger partial charge in [-0.05, 0) is 30.2 Å². The molecule has 1 atom stereocenters. The zero-order chi connectivity index (χ0) is 11.5. The van der Waals surface area contributed by atoms with E-state index in [0.29, 0.717) is 0 Å². The fraction of sp³-hybridized carbons (Fsp3) is 0.308. The Hall–Kier alpha value is -1.61. The first-order valence-corrected chi connectivity index (χ1v) is 5.43. The van der Waals surface area contributed by atoms with Gasteiger partial charge in [0.15, 0.2) is 0 Å². The predicted molar refractivity (Wildman–Crippen MR) is 63.8 cm³/mol. The van der Waals surface area contributed by atoms with Crippen LogP contribution in [-0.2, 0) is 0 Å². The summed E-state index contributed by atoms with van der Waals surface area (Å²) in [6.07, 6.45) is 3.82. The molecule has 0 radical (unpaired) electrons. The van der Waals surface area contributed by atoms with Crippen LogP contribution in [-0.4, -0.2) is 21.5 Å². The molecule has 0 saturated carbocycles. The van der Waals surface area contributed by atoms with E-state index in [9.17, 15) is 0 Å². The van der Waals surface area contributed by atoms with Crippen molar-refractivity contribution in [2.75, 3.05) is 6.61 Å². The van der Waals surface area contributed by atoms with Crippen molar-refractivity contribution in [2.45, 2.75) is 19.8 Å². The van der Waals surface area contributed by atoms with Crippen LogP contribution in [0.3, 0.4) is 0 Å². The standard InChI is InChI=1S/C13H16N2O/c1-10-7-14-15(8-10)13-5-3-4-12(6-13)11(2)9-16/h3-8,11,16H,9H2,1-2H3. The van der Waals surface area contributed by atoms with E-state index in [0.717, 1.165) is 16.8 Å². The second-order valence-electron chi connectivity index (χ2n) is 4.14. The Balaban J connectivity index is 2.36. The predicted octanol–water partition coefficient (Wildman–Crippen LogP) is 2.28. The molecule has 0 aliphatic rings. The van der Waals surface area contributed by atoms with Crippen LogP contribution in [0.1, 0.15) is 24.0 Å². The first-order chi connectivity index (χ1) is 7.70. The Kier molecular flexibility index (Phi) is 3.06. The van der Waals surface area contributed by atoms with E-state index >= 15 is 0 Å². The number of aryl methyl sites for hydroxylation is 1. The lowest BCUT2D eigenvalue weighted by Crippen LogP contribution is -2.01. The molecule has 0 amide bonds. The van der Waals surface area contributed by atoms with E-state index < -0.39 is 0 Å². The first kappa shape index (κ1) is 10.9. The van der Waals surface area contributed by atoms with Gasteiger partial charge in [0.05, 0.1) is 11.9 Å². The number of aromatic nitrogens is 2. The molecule has 0 fully saturated rings. The summed E-state index contributed by atoms with van der Waals surface area (Å²) in [4.78, 5) is 0. The van der Waals surface area contributed by atoms with Gasteiger partial charge in [-0.25, -0.2) is 4.68 Å². The van der Waals surface area contributed by atoms with Crippen molar-refractivity contribution in [3.05, 3.63) is 47.8 Å². The molecule has 2 rings (SSSR count). The van der Waals surface area contributed by atoms with Gasteiger partial charge in [-0.15, -0.1) is 0 Å². The zero-order valence-electron chi connectivity index (χ0n) is 9.59. The van der Waals surface area contributed by atoms with Crippen molar-refractivity contribution >= 4 is 0 Å². The molecule has 16 heavy (non-hydrogen) atoms. The fourth-order valence-corrected chi connectivity index (χ4v) is 1.63. The van der Waals surface area contributed by atoms with Crippen molar-refractivity contribution in [3.8, 4) is 5.69 Å². The number of aliphatic hydroxyl groups is 1. The highest BCUT2D eigenvalue weighted by Crippen LogP contribution is 2.18. The Labute approximate surface area is 95.3 Å². The minimum atomic E-state index is 0.164. The van der Waals surface area contributed by atoms with Gasteiger partial charge in [-0.2, -0.15) is 5.10 Å². The summed E-state index contributed by atoms with van der Waals surface area (Å²) in [5, 5.41) is 13.4. The van der Waals surface area contributed by atoms with Gasteiger partial charge in [0.2, 0.25) is 0 Å². The Morgan fingerprint density at radius 3 is 2.88 bits per heavy atom. The summed E-state index contributed by atoms with van der Waals surface area (Å²) >= 11 is 0. The van der Waals surface area contributed by atoms with Crippen molar-refractivity contribution in [3.63, 3.8) is 0 Å². The van der Waals surface area contributed by atoms with Crippen molar-refractivity contribution < 1.29 is 5.11 Å². The average Bonchev–Trinajstić information content (AvgIpc) is 2.75. The van der Waals surface area contributed by atoms with Gasteiger partial charge in [0.1, 0.15) is 0 Å². The summed E-state index contributed by atoms with van der Waals surface area (Å²) in [5.41, 5.74) is 3.31.